The highest BCUT2D eigenvalue weighted by molar-refractivity contribution is 9.11. The van der Waals surface area contributed by atoms with Crippen LogP contribution in [0.15, 0.2) is 50.4 Å². The normalized spacial score (nSPS) is 10.6. The summed E-state index contributed by atoms with van der Waals surface area (Å²) < 4.78 is 1.69. The quantitative estimate of drug-likeness (QED) is 0.339. The summed E-state index contributed by atoms with van der Waals surface area (Å²) in [5.41, 5.74) is 2.94. The molecule has 10 heteroatoms. The van der Waals surface area contributed by atoms with Crippen LogP contribution < -0.4 is 10.7 Å². The second kappa shape index (κ2) is 8.58. The Bertz CT molecular complexity index is 842. The minimum Gasteiger partial charge on any atom is -0.507 e. The number of phenolic OH excluding ortho intramolecular Hbond substituents is 1. The molecule has 0 saturated heterocycles. The molecule has 0 atom stereocenters. The van der Waals surface area contributed by atoms with Crippen molar-refractivity contribution < 1.29 is 14.8 Å². The van der Waals surface area contributed by atoms with Gasteiger partial charge in [-0.2, -0.15) is 5.10 Å². The van der Waals surface area contributed by atoms with Crippen molar-refractivity contribution in [3.8, 4) is 5.75 Å². The average Bonchev–Trinajstić information content (AvgIpc) is 2.55. The first-order valence-electron chi connectivity index (χ1n) is 6.85. The molecule has 1 amide bonds. The molecule has 0 aliphatic heterocycles. The Kier molecular flexibility index (Phi) is 6.48. The third kappa shape index (κ3) is 5.54. The molecule has 3 N–H and O–H groups in total. The first-order valence-corrected chi connectivity index (χ1v) is 8.43. The summed E-state index contributed by atoms with van der Waals surface area (Å²) in [6.45, 7) is -0.0293. The van der Waals surface area contributed by atoms with Crippen molar-refractivity contribution in [1.29, 1.82) is 0 Å². The molecule has 0 aliphatic carbocycles. The van der Waals surface area contributed by atoms with Gasteiger partial charge in [-0.15, -0.1) is 0 Å². The van der Waals surface area contributed by atoms with Gasteiger partial charge in [0.2, 0.25) is 0 Å². The number of benzene rings is 2. The highest BCUT2D eigenvalue weighted by Gasteiger charge is 2.09. The minimum atomic E-state index is -0.588. The number of anilines is 1. The van der Waals surface area contributed by atoms with Gasteiger partial charge in [-0.25, -0.2) is 5.43 Å². The second-order valence-electron chi connectivity index (χ2n) is 4.77. The van der Waals surface area contributed by atoms with Crippen LogP contribution >= 0.6 is 31.9 Å². The Hall–Kier alpha value is -2.46. The molecule has 130 valence electrons. The zero-order chi connectivity index (χ0) is 18.4. The van der Waals surface area contributed by atoms with Crippen molar-refractivity contribution in [2.24, 2.45) is 5.10 Å². The lowest BCUT2D eigenvalue weighted by Crippen LogP contribution is -2.26. The van der Waals surface area contributed by atoms with Crippen molar-refractivity contribution in [2.45, 2.75) is 0 Å². The van der Waals surface area contributed by atoms with Gasteiger partial charge in [-0.05, 0) is 40.2 Å². The first kappa shape index (κ1) is 18.9. The third-order valence-corrected chi connectivity index (χ3v) is 4.13. The van der Waals surface area contributed by atoms with Gasteiger partial charge in [0, 0.05) is 32.3 Å². The number of rotatable bonds is 6. The van der Waals surface area contributed by atoms with Crippen LogP contribution in [0.25, 0.3) is 0 Å². The molecular formula is C15H12Br2N4O4. The molecule has 25 heavy (non-hydrogen) atoms. The average molecular weight is 472 g/mol. The molecule has 0 fully saturated rings. The Morgan fingerprint density at radius 1 is 1.28 bits per heavy atom. The number of amides is 1. The first-order chi connectivity index (χ1) is 11.9. The lowest BCUT2D eigenvalue weighted by atomic mass is 10.2. The van der Waals surface area contributed by atoms with Crippen molar-refractivity contribution in [3.05, 3.63) is 61.0 Å². The van der Waals surface area contributed by atoms with Gasteiger partial charge in [-0.1, -0.05) is 15.9 Å². The van der Waals surface area contributed by atoms with E-state index < -0.39 is 10.8 Å². The number of halogens is 2. The van der Waals surface area contributed by atoms with E-state index in [4.69, 9.17) is 0 Å². The van der Waals surface area contributed by atoms with Crippen molar-refractivity contribution in [1.82, 2.24) is 5.43 Å². The Balaban J connectivity index is 1.92. The molecule has 0 spiro atoms. The van der Waals surface area contributed by atoms with E-state index in [1.807, 2.05) is 12.1 Å². The number of nitro groups is 1. The van der Waals surface area contributed by atoms with Gasteiger partial charge < -0.3 is 10.4 Å². The number of nitro benzene ring substituents is 1. The molecule has 0 bridgehead atoms. The van der Waals surface area contributed by atoms with Gasteiger partial charge >= 0.3 is 0 Å². The van der Waals surface area contributed by atoms with Crippen LogP contribution in [0.4, 0.5) is 11.4 Å². The van der Waals surface area contributed by atoms with E-state index in [-0.39, 0.29) is 23.5 Å². The van der Waals surface area contributed by atoms with E-state index in [0.717, 1.165) is 26.9 Å². The summed E-state index contributed by atoms with van der Waals surface area (Å²) in [7, 11) is 0. The molecule has 0 radical (unpaired) electrons. The van der Waals surface area contributed by atoms with E-state index in [9.17, 15) is 20.0 Å². The number of carbonyl (C=O) groups is 1. The van der Waals surface area contributed by atoms with Gasteiger partial charge in [0.05, 0.1) is 17.7 Å². The number of hydrogen-bond acceptors (Lipinski definition) is 6. The van der Waals surface area contributed by atoms with E-state index in [2.05, 4.69) is 47.7 Å². The second-order valence-corrected chi connectivity index (χ2v) is 6.54. The SMILES string of the molecule is O=C(CNc1ccc(Br)cc1Br)N/N=C/c1cc([N+](=O)[O-])ccc1O. The number of nitrogens with zero attached hydrogens (tertiary/aromatic N) is 2. The van der Waals surface area contributed by atoms with Gasteiger partial charge in [-0.3, -0.25) is 14.9 Å². The standard InChI is InChI=1S/C15H12Br2N4O4/c16-10-1-3-13(12(17)6-10)18-8-15(23)20-19-7-9-5-11(21(24)25)2-4-14(9)22/h1-7,18,22H,8H2,(H,20,23)/b19-7+. The van der Waals surface area contributed by atoms with Crippen LogP contribution in [0.1, 0.15) is 5.56 Å². The number of non-ortho nitro benzene ring substituents is 1. The van der Waals surface area contributed by atoms with Crippen LogP contribution in [0.5, 0.6) is 5.75 Å². The fraction of sp³-hybridized carbons (Fsp3) is 0.0667. The molecule has 0 aromatic heterocycles. The van der Waals surface area contributed by atoms with Gasteiger partial charge in [0.1, 0.15) is 5.75 Å². The molecule has 0 aliphatic rings. The van der Waals surface area contributed by atoms with Crippen LogP contribution in [0.2, 0.25) is 0 Å². The van der Waals surface area contributed by atoms with Crippen molar-refractivity contribution in [3.63, 3.8) is 0 Å². The monoisotopic (exact) mass is 470 g/mol. The number of nitrogens with one attached hydrogen (secondary N) is 2. The third-order valence-electron chi connectivity index (χ3n) is 2.99. The van der Waals surface area contributed by atoms with Crippen LogP contribution in [0, 0.1) is 10.1 Å². The van der Waals surface area contributed by atoms with E-state index in [1.54, 1.807) is 6.07 Å². The summed E-state index contributed by atoms with van der Waals surface area (Å²) in [5.74, 6) is -0.600. The summed E-state index contributed by atoms with van der Waals surface area (Å²) >= 11 is 6.70. The number of hydrazone groups is 1. The highest BCUT2D eigenvalue weighted by atomic mass is 79.9. The molecule has 2 aromatic rings. The predicted octanol–water partition coefficient (Wildman–Crippen LogP) is 3.39. The van der Waals surface area contributed by atoms with Crippen molar-refractivity contribution >= 4 is 55.4 Å². The number of aromatic hydroxyl groups is 1. The number of carbonyl (C=O) groups excluding carboxylic acids is 1. The molecule has 2 aromatic carbocycles. The van der Waals surface area contributed by atoms with E-state index in [1.165, 1.54) is 12.1 Å². The lowest BCUT2D eigenvalue weighted by Gasteiger charge is -2.07. The maximum Gasteiger partial charge on any atom is 0.270 e. The van der Waals surface area contributed by atoms with Crippen LogP contribution in [-0.4, -0.2) is 28.7 Å². The zero-order valence-corrected chi connectivity index (χ0v) is 15.7. The summed E-state index contributed by atoms with van der Waals surface area (Å²) in [4.78, 5) is 21.9. The van der Waals surface area contributed by atoms with E-state index >= 15 is 0 Å². The minimum absolute atomic E-state index is 0.0293. The molecule has 0 heterocycles. The van der Waals surface area contributed by atoms with E-state index in [0.29, 0.717) is 0 Å². The fourth-order valence-corrected chi connectivity index (χ4v) is 2.97. The van der Waals surface area contributed by atoms with Gasteiger partial charge in [0.15, 0.2) is 0 Å². The molecule has 0 unspecified atom stereocenters. The molecule has 8 nitrogen and oxygen atoms in total. The molecule has 0 saturated carbocycles. The summed E-state index contributed by atoms with van der Waals surface area (Å²) in [5, 5.41) is 27.0. The van der Waals surface area contributed by atoms with Crippen LogP contribution in [0.3, 0.4) is 0 Å². The molecule has 2 rings (SSSR count). The summed E-state index contributed by atoms with van der Waals surface area (Å²) in [6, 6.07) is 8.98. The predicted molar refractivity (Wildman–Crippen MR) is 101 cm³/mol. The smallest absolute Gasteiger partial charge is 0.270 e. The van der Waals surface area contributed by atoms with Gasteiger partial charge in [0.25, 0.3) is 11.6 Å². The number of hydrogen-bond donors (Lipinski definition) is 3. The Morgan fingerprint density at radius 3 is 2.72 bits per heavy atom. The largest absolute Gasteiger partial charge is 0.507 e. The van der Waals surface area contributed by atoms with Crippen LogP contribution in [-0.2, 0) is 4.79 Å². The highest BCUT2D eigenvalue weighted by Crippen LogP contribution is 2.25. The number of phenols is 1. The lowest BCUT2D eigenvalue weighted by molar-refractivity contribution is -0.384. The maximum absolute atomic E-state index is 11.8. The maximum atomic E-state index is 11.8. The summed E-state index contributed by atoms with van der Waals surface area (Å²) in [6.07, 6.45) is 1.13. The topological polar surface area (TPSA) is 117 Å². The Labute approximate surface area is 159 Å². The molecular weight excluding hydrogens is 460 g/mol. The Morgan fingerprint density at radius 2 is 2.04 bits per heavy atom. The zero-order valence-electron chi connectivity index (χ0n) is 12.6. The fourth-order valence-electron chi connectivity index (χ4n) is 1.78. The van der Waals surface area contributed by atoms with Crippen molar-refractivity contribution in [2.75, 3.05) is 11.9 Å².